The van der Waals surface area contributed by atoms with Crippen molar-refractivity contribution in [3.63, 3.8) is 0 Å². The topological polar surface area (TPSA) is 12.0 Å². The fourth-order valence-electron chi connectivity index (χ4n) is 1.79. The minimum Gasteiger partial charge on any atom is -0.313 e. The summed E-state index contributed by atoms with van der Waals surface area (Å²) in [6.07, 6.45) is 2.68. The molecule has 1 aliphatic rings. The van der Waals surface area contributed by atoms with Crippen LogP contribution in [0.3, 0.4) is 0 Å². The molecule has 0 heterocycles. The molecule has 0 bridgehead atoms. The van der Waals surface area contributed by atoms with Crippen LogP contribution < -0.4 is 5.32 Å². The van der Waals surface area contributed by atoms with Crippen molar-refractivity contribution in [2.45, 2.75) is 30.7 Å². The Morgan fingerprint density at radius 1 is 1.35 bits per heavy atom. The minimum atomic E-state index is -0.783. The molecular weight excluding hydrogens is 240 g/mol. The number of rotatable bonds is 6. The number of benzene rings is 1. The summed E-state index contributed by atoms with van der Waals surface area (Å²) in [7, 11) is 0. The summed E-state index contributed by atoms with van der Waals surface area (Å²) in [5.74, 6) is 0.176. The lowest BCUT2D eigenvalue weighted by atomic mass is 10.2. The molecule has 4 heteroatoms. The average Bonchev–Trinajstić information content (AvgIpc) is 3.13. The zero-order valence-corrected chi connectivity index (χ0v) is 10.7. The summed E-state index contributed by atoms with van der Waals surface area (Å²) in [4.78, 5) is 0.782. The maximum Gasteiger partial charge on any atom is 0.159 e. The summed E-state index contributed by atoms with van der Waals surface area (Å²) in [5, 5.41) is 3.45. The molecule has 0 radical (unpaired) electrons. The molecule has 0 saturated heterocycles. The Morgan fingerprint density at radius 3 is 2.76 bits per heavy atom. The van der Waals surface area contributed by atoms with Crippen molar-refractivity contribution in [1.29, 1.82) is 0 Å². The largest absolute Gasteiger partial charge is 0.313 e. The Morgan fingerprint density at radius 2 is 2.12 bits per heavy atom. The molecule has 1 aromatic rings. The van der Waals surface area contributed by atoms with Crippen molar-refractivity contribution >= 4 is 11.8 Å². The monoisotopic (exact) mass is 257 g/mol. The third kappa shape index (κ3) is 3.96. The highest BCUT2D eigenvalue weighted by atomic mass is 32.2. The Kier molecular flexibility index (Phi) is 4.40. The fourth-order valence-corrected chi connectivity index (χ4v) is 2.59. The van der Waals surface area contributed by atoms with E-state index in [4.69, 9.17) is 0 Å². The van der Waals surface area contributed by atoms with Gasteiger partial charge in [0, 0.05) is 23.2 Å². The second-order valence-corrected chi connectivity index (χ2v) is 5.67. The number of thioether (sulfide) groups is 1. The highest BCUT2D eigenvalue weighted by Gasteiger charge is 2.27. The molecule has 1 aromatic carbocycles. The minimum absolute atomic E-state index is 0.584. The van der Waals surface area contributed by atoms with Crippen LogP contribution >= 0.6 is 11.8 Å². The van der Waals surface area contributed by atoms with E-state index in [9.17, 15) is 8.78 Å². The lowest BCUT2D eigenvalue weighted by Crippen LogP contribution is -2.29. The van der Waals surface area contributed by atoms with Gasteiger partial charge in [-0.05, 0) is 43.9 Å². The van der Waals surface area contributed by atoms with Gasteiger partial charge < -0.3 is 5.32 Å². The molecule has 1 unspecified atom stereocenters. The van der Waals surface area contributed by atoms with Crippen LogP contribution in [-0.2, 0) is 0 Å². The first kappa shape index (κ1) is 12.8. The summed E-state index contributed by atoms with van der Waals surface area (Å²) in [6, 6.07) is 4.64. The van der Waals surface area contributed by atoms with Crippen molar-refractivity contribution in [3.05, 3.63) is 29.8 Å². The number of nitrogens with one attached hydrogen (secondary N) is 1. The zero-order chi connectivity index (χ0) is 12.3. The van der Waals surface area contributed by atoms with Gasteiger partial charge in [-0.15, -0.1) is 11.8 Å². The molecule has 0 spiro atoms. The van der Waals surface area contributed by atoms with Crippen LogP contribution in [-0.4, -0.2) is 18.3 Å². The van der Waals surface area contributed by atoms with E-state index in [1.165, 1.54) is 25.0 Å². The van der Waals surface area contributed by atoms with Crippen molar-refractivity contribution in [2.75, 3.05) is 12.3 Å². The molecule has 1 nitrogen and oxygen atoms in total. The van der Waals surface area contributed by atoms with E-state index in [0.717, 1.165) is 23.1 Å². The Bertz CT molecular complexity index is 380. The van der Waals surface area contributed by atoms with E-state index in [2.05, 4.69) is 12.2 Å². The average molecular weight is 257 g/mol. The van der Waals surface area contributed by atoms with Crippen molar-refractivity contribution in [3.8, 4) is 0 Å². The molecule has 0 aromatic heterocycles. The van der Waals surface area contributed by atoms with Gasteiger partial charge >= 0.3 is 0 Å². The summed E-state index contributed by atoms with van der Waals surface area (Å²) in [6.45, 7) is 3.11. The Hall–Kier alpha value is -0.610. The Balaban J connectivity index is 1.68. The van der Waals surface area contributed by atoms with Gasteiger partial charge in [0.1, 0.15) is 0 Å². The Labute approximate surface area is 105 Å². The van der Waals surface area contributed by atoms with Crippen LogP contribution in [0.5, 0.6) is 0 Å². The number of hydrogen-bond acceptors (Lipinski definition) is 2. The second kappa shape index (κ2) is 5.83. The normalized spacial score (nSPS) is 17.1. The van der Waals surface area contributed by atoms with E-state index in [1.807, 2.05) is 0 Å². The summed E-state index contributed by atoms with van der Waals surface area (Å²) < 4.78 is 25.6. The fraction of sp³-hybridized carbons (Fsp3) is 0.538. The van der Waals surface area contributed by atoms with E-state index < -0.39 is 11.6 Å². The van der Waals surface area contributed by atoms with Gasteiger partial charge in [-0.25, -0.2) is 8.78 Å². The predicted octanol–water partition coefficient (Wildman–Crippen LogP) is 3.45. The van der Waals surface area contributed by atoms with E-state index >= 15 is 0 Å². The summed E-state index contributed by atoms with van der Waals surface area (Å²) >= 11 is 1.55. The van der Waals surface area contributed by atoms with Gasteiger partial charge in [0.05, 0.1) is 0 Å². The molecule has 1 atom stereocenters. The lowest BCUT2D eigenvalue weighted by Gasteiger charge is -2.12. The van der Waals surface area contributed by atoms with Gasteiger partial charge in [0.15, 0.2) is 11.6 Å². The first-order valence-corrected chi connectivity index (χ1v) is 6.96. The van der Waals surface area contributed by atoms with Crippen LogP contribution in [0.1, 0.15) is 19.8 Å². The molecule has 17 heavy (non-hydrogen) atoms. The molecule has 94 valence electrons. The first-order chi connectivity index (χ1) is 8.16. The van der Waals surface area contributed by atoms with Gasteiger partial charge in [-0.3, -0.25) is 0 Å². The predicted molar refractivity (Wildman–Crippen MR) is 67.3 cm³/mol. The molecule has 1 N–H and O–H groups in total. The van der Waals surface area contributed by atoms with E-state index in [-0.39, 0.29) is 0 Å². The van der Waals surface area contributed by atoms with E-state index in [1.54, 1.807) is 17.8 Å². The van der Waals surface area contributed by atoms with Crippen LogP contribution in [0.25, 0.3) is 0 Å². The molecule has 0 aliphatic heterocycles. The molecule has 2 rings (SSSR count). The highest BCUT2D eigenvalue weighted by molar-refractivity contribution is 7.99. The van der Waals surface area contributed by atoms with Crippen LogP contribution in [0, 0.1) is 17.6 Å². The maximum atomic E-state index is 12.9. The van der Waals surface area contributed by atoms with Crippen LogP contribution in [0.2, 0.25) is 0 Å². The van der Waals surface area contributed by atoms with Crippen molar-refractivity contribution in [1.82, 2.24) is 5.32 Å². The smallest absolute Gasteiger partial charge is 0.159 e. The standard InChI is InChI=1S/C13H17F2NS/c1-9(10-2-3-10)16-6-7-17-11-4-5-12(14)13(15)8-11/h4-5,8-10,16H,2-3,6-7H2,1H3. The third-order valence-electron chi connectivity index (χ3n) is 3.06. The van der Waals surface area contributed by atoms with Crippen molar-refractivity contribution < 1.29 is 8.78 Å². The first-order valence-electron chi connectivity index (χ1n) is 5.98. The third-order valence-corrected chi connectivity index (χ3v) is 4.05. The molecule has 0 amide bonds. The molecule has 1 fully saturated rings. The van der Waals surface area contributed by atoms with Crippen LogP contribution in [0.15, 0.2) is 23.1 Å². The van der Waals surface area contributed by atoms with Gasteiger partial charge in [0.2, 0.25) is 0 Å². The second-order valence-electron chi connectivity index (χ2n) is 4.50. The van der Waals surface area contributed by atoms with Crippen LogP contribution in [0.4, 0.5) is 8.78 Å². The maximum absolute atomic E-state index is 12.9. The zero-order valence-electron chi connectivity index (χ0n) is 9.88. The highest BCUT2D eigenvalue weighted by Crippen LogP contribution is 2.32. The molecule has 1 aliphatic carbocycles. The SMILES string of the molecule is CC(NCCSc1ccc(F)c(F)c1)C1CC1. The van der Waals surface area contributed by atoms with Gasteiger partial charge in [0.25, 0.3) is 0 Å². The van der Waals surface area contributed by atoms with Gasteiger partial charge in [-0.2, -0.15) is 0 Å². The number of hydrogen-bond donors (Lipinski definition) is 1. The summed E-state index contributed by atoms with van der Waals surface area (Å²) in [5.41, 5.74) is 0. The quantitative estimate of drug-likeness (QED) is 0.619. The van der Waals surface area contributed by atoms with Gasteiger partial charge in [-0.1, -0.05) is 0 Å². The molecule has 1 saturated carbocycles. The lowest BCUT2D eigenvalue weighted by molar-refractivity contribution is 0.505. The van der Waals surface area contributed by atoms with E-state index in [0.29, 0.717) is 6.04 Å². The van der Waals surface area contributed by atoms with Crippen molar-refractivity contribution in [2.24, 2.45) is 5.92 Å². The molecular formula is C13H17F2NS. The number of halogens is 2.